The van der Waals surface area contributed by atoms with Gasteiger partial charge in [0.25, 0.3) is 0 Å². The van der Waals surface area contributed by atoms with Gasteiger partial charge in [0.05, 0.1) is 4.88 Å². The minimum absolute atomic E-state index is 0.0741. The summed E-state index contributed by atoms with van der Waals surface area (Å²) >= 11 is 1.74. The van der Waals surface area contributed by atoms with Crippen LogP contribution >= 0.6 is 11.3 Å². The molecule has 1 unspecified atom stereocenters. The molecule has 1 aromatic carbocycles. The largest absolute Gasteiger partial charge is 0.384 e. The average molecular weight is 383 g/mol. The summed E-state index contributed by atoms with van der Waals surface area (Å²) in [7, 11) is 2.25. The maximum Gasteiger partial charge on any atom is 0.104 e. The summed E-state index contributed by atoms with van der Waals surface area (Å²) in [5.74, 6) is 5.73. The van der Waals surface area contributed by atoms with E-state index >= 15 is 0 Å². The fraction of sp³-hybridized carbons (Fsp3) is 0.478. The van der Waals surface area contributed by atoms with Crippen molar-refractivity contribution in [2.75, 3.05) is 33.3 Å². The van der Waals surface area contributed by atoms with Crippen molar-refractivity contribution in [3.05, 3.63) is 57.8 Å². The molecule has 1 fully saturated rings. The van der Waals surface area contributed by atoms with E-state index in [1.807, 2.05) is 0 Å². The van der Waals surface area contributed by atoms with Crippen LogP contribution in [-0.2, 0) is 13.0 Å². The number of piperidine rings is 1. The summed E-state index contributed by atoms with van der Waals surface area (Å²) in [6.07, 6.45) is 4.98. The van der Waals surface area contributed by atoms with Gasteiger partial charge in [-0.25, -0.2) is 0 Å². The number of aliphatic hydroxyl groups is 1. The number of nitrogens with zero attached hydrogens (tertiary/aromatic N) is 2. The number of benzene rings is 1. The monoisotopic (exact) mass is 382 g/mol. The molecule has 144 valence electrons. The van der Waals surface area contributed by atoms with E-state index in [2.05, 4.69) is 71.2 Å². The van der Waals surface area contributed by atoms with E-state index in [1.54, 1.807) is 11.3 Å². The van der Waals surface area contributed by atoms with Crippen molar-refractivity contribution in [3.63, 3.8) is 0 Å². The zero-order valence-electron chi connectivity index (χ0n) is 16.2. The molecule has 1 aromatic heterocycles. The number of hydrogen-bond donors (Lipinski definition) is 1. The third-order valence-corrected chi connectivity index (χ3v) is 6.23. The number of rotatable bonds is 7. The van der Waals surface area contributed by atoms with Gasteiger partial charge in [0.15, 0.2) is 0 Å². The van der Waals surface area contributed by atoms with Gasteiger partial charge in [-0.15, -0.1) is 11.3 Å². The molecule has 1 atom stereocenters. The number of hydrogen-bond acceptors (Lipinski definition) is 4. The number of aryl methyl sites for hydroxylation is 1. The molecule has 0 bridgehead atoms. The Morgan fingerprint density at radius 3 is 2.89 bits per heavy atom. The highest BCUT2D eigenvalue weighted by molar-refractivity contribution is 7.12. The number of aliphatic hydroxyl groups excluding tert-OH is 1. The summed E-state index contributed by atoms with van der Waals surface area (Å²) in [5, 5.41) is 8.82. The van der Waals surface area contributed by atoms with Gasteiger partial charge in [0.1, 0.15) is 6.61 Å². The van der Waals surface area contributed by atoms with Crippen LogP contribution in [0.5, 0.6) is 0 Å². The van der Waals surface area contributed by atoms with Gasteiger partial charge in [0, 0.05) is 24.0 Å². The summed E-state index contributed by atoms with van der Waals surface area (Å²) in [6.45, 7) is 4.51. The minimum atomic E-state index is -0.0741. The lowest BCUT2D eigenvalue weighted by Gasteiger charge is -2.37. The minimum Gasteiger partial charge on any atom is -0.384 e. The van der Waals surface area contributed by atoms with Crippen molar-refractivity contribution in [3.8, 4) is 11.8 Å². The van der Waals surface area contributed by atoms with Crippen LogP contribution in [0.2, 0.25) is 0 Å². The van der Waals surface area contributed by atoms with Crippen LogP contribution < -0.4 is 0 Å². The second-order valence-electron chi connectivity index (χ2n) is 7.33. The third kappa shape index (κ3) is 6.48. The van der Waals surface area contributed by atoms with Gasteiger partial charge < -0.3 is 10.0 Å². The van der Waals surface area contributed by atoms with E-state index in [-0.39, 0.29) is 6.61 Å². The van der Waals surface area contributed by atoms with Gasteiger partial charge >= 0.3 is 0 Å². The SMILES string of the molecule is CN(Cc1ccc(C#CCO)s1)C1CCCN(CCCc2ccccc2)C1. The van der Waals surface area contributed by atoms with Gasteiger partial charge in [-0.05, 0) is 63.5 Å². The summed E-state index contributed by atoms with van der Waals surface area (Å²) < 4.78 is 0. The van der Waals surface area contributed by atoms with Crippen LogP contribution in [0.1, 0.15) is 34.6 Å². The zero-order valence-corrected chi connectivity index (χ0v) is 17.0. The normalized spacial score (nSPS) is 17.7. The molecular formula is C23H30N2OS. The van der Waals surface area contributed by atoms with Crippen LogP contribution in [0.4, 0.5) is 0 Å². The first-order valence-electron chi connectivity index (χ1n) is 9.89. The average Bonchev–Trinajstić information content (AvgIpc) is 3.14. The molecule has 1 saturated heterocycles. The Morgan fingerprint density at radius 2 is 2.07 bits per heavy atom. The van der Waals surface area contributed by atoms with Crippen LogP contribution in [-0.4, -0.2) is 54.2 Å². The molecule has 3 nitrogen and oxygen atoms in total. The van der Waals surface area contributed by atoms with Crippen LogP contribution in [0.15, 0.2) is 42.5 Å². The van der Waals surface area contributed by atoms with E-state index in [0.717, 1.165) is 11.4 Å². The Balaban J connectivity index is 1.44. The molecule has 0 radical (unpaired) electrons. The number of thiophene rings is 1. The van der Waals surface area contributed by atoms with Crippen molar-refractivity contribution >= 4 is 11.3 Å². The fourth-order valence-corrected chi connectivity index (χ4v) is 4.72. The lowest BCUT2D eigenvalue weighted by atomic mass is 10.0. The molecule has 2 heterocycles. The molecule has 0 aliphatic carbocycles. The molecule has 0 amide bonds. The van der Waals surface area contributed by atoms with E-state index in [0.29, 0.717) is 6.04 Å². The Morgan fingerprint density at radius 1 is 1.22 bits per heavy atom. The van der Waals surface area contributed by atoms with Crippen molar-refractivity contribution in [2.45, 2.75) is 38.3 Å². The molecule has 2 aromatic rings. The Bertz CT molecular complexity index is 746. The summed E-state index contributed by atoms with van der Waals surface area (Å²) in [6, 6.07) is 15.7. The Kier molecular flexibility index (Phi) is 7.92. The predicted molar refractivity (Wildman–Crippen MR) is 114 cm³/mol. The van der Waals surface area contributed by atoms with Crippen molar-refractivity contribution in [1.82, 2.24) is 9.80 Å². The van der Waals surface area contributed by atoms with Gasteiger partial charge in [-0.2, -0.15) is 0 Å². The number of likely N-dealkylation sites (N-methyl/N-ethyl adjacent to an activating group) is 1. The van der Waals surface area contributed by atoms with E-state index in [9.17, 15) is 0 Å². The summed E-state index contributed by atoms with van der Waals surface area (Å²) in [4.78, 5) is 7.53. The second-order valence-corrected chi connectivity index (χ2v) is 8.50. The first kappa shape index (κ1) is 20.1. The third-order valence-electron chi connectivity index (χ3n) is 5.24. The fourth-order valence-electron chi connectivity index (χ4n) is 3.78. The van der Waals surface area contributed by atoms with E-state index < -0.39 is 0 Å². The maximum atomic E-state index is 8.82. The molecule has 0 saturated carbocycles. The second kappa shape index (κ2) is 10.6. The Hall–Kier alpha value is -1.64. The molecule has 3 rings (SSSR count). The van der Waals surface area contributed by atoms with Crippen molar-refractivity contribution in [1.29, 1.82) is 0 Å². The topological polar surface area (TPSA) is 26.7 Å². The standard InChI is InChI=1S/C23H30N2OS/c1-24(19-23-14-13-22(27-23)12-7-17-26)21-11-6-16-25(18-21)15-5-10-20-8-3-2-4-9-20/h2-4,8-9,13-14,21,26H,5-6,10-11,15-19H2,1H3. The van der Waals surface area contributed by atoms with Gasteiger partial charge in [0.2, 0.25) is 0 Å². The van der Waals surface area contributed by atoms with Crippen LogP contribution in [0, 0.1) is 11.8 Å². The quantitative estimate of drug-likeness (QED) is 0.741. The van der Waals surface area contributed by atoms with Crippen LogP contribution in [0.25, 0.3) is 0 Å². The van der Waals surface area contributed by atoms with Crippen molar-refractivity contribution in [2.24, 2.45) is 0 Å². The summed E-state index contributed by atoms with van der Waals surface area (Å²) in [5.41, 5.74) is 1.45. The molecule has 0 spiro atoms. The van der Waals surface area contributed by atoms with Crippen LogP contribution in [0.3, 0.4) is 0 Å². The molecule has 1 N–H and O–H groups in total. The zero-order chi connectivity index (χ0) is 18.9. The van der Waals surface area contributed by atoms with Crippen molar-refractivity contribution < 1.29 is 5.11 Å². The Labute approximate surface area is 167 Å². The lowest BCUT2D eigenvalue weighted by molar-refractivity contribution is 0.112. The lowest BCUT2D eigenvalue weighted by Crippen LogP contribution is -2.46. The van der Waals surface area contributed by atoms with Gasteiger partial charge in [-0.1, -0.05) is 42.2 Å². The highest BCUT2D eigenvalue weighted by atomic mass is 32.1. The molecule has 1 aliphatic heterocycles. The van der Waals surface area contributed by atoms with Gasteiger partial charge in [-0.3, -0.25) is 4.90 Å². The predicted octanol–water partition coefficient (Wildman–Crippen LogP) is 3.62. The highest BCUT2D eigenvalue weighted by Gasteiger charge is 2.23. The van der Waals surface area contributed by atoms with E-state index in [1.165, 1.54) is 55.8 Å². The molecule has 4 heteroatoms. The smallest absolute Gasteiger partial charge is 0.104 e. The molecular weight excluding hydrogens is 352 g/mol. The van der Waals surface area contributed by atoms with E-state index in [4.69, 9.17) is 5.11 Å². The first-order valence-corrected chi connectivity index (χ1v) is 10.7. The molecule has 27 heavy (non-hydrogen) atoms. The highest BCUT2D eigenvalue weighted by Crippen LogP contribution is 2.21. The molecule has 1 aliphatic rings. The number of likely N-dealkylation sites (tertiary alicyclic amines) is 1. The first-order chi connectivity index (χ1) is 13.2. The maximum absolute atomic E-state index is 8.82.